The molecule has 0 aliphatic carbocycles. The number of hydrogen-bond acceptors (Lipinski definition) is 8. The van der Waals surface area contributed by atoms with Crippen LogP contribution >= 0.6 is 7.60 Å². The highest BCUT2D eigenvalue weighted by Crippen LogP contribution is 2.45. The SMILES string of the molecule is CC(C)(CC1O[C@@H](n2ccc3c(N)ncnc32)[C@H](O)C1O)OP(C)(=O)O. The van der Waals surface area contributed by atoms with Crippen LogP contribution in [0.5, 0.6) is 0 Å². The van der Waals surface area contributed by atoms with Crippen molar-refractivity contribution in [1.29, 1.82) is 0 Å². The van der Waals surface area contributed by atoms with Crippen molar-refractivity contribution in [3.05, 3.63) is 18.6 Å². The number of ether oxygens (including phenoxy) is 1. The zero-order valence-corrected chi connectivity index (χ0v) is 15.6. The zero-order chi connectivity index (χ0) is 19.3. The smallest absolute Gasteiger partial charge is 0.325 e. The van der Waals surface area contributed by atoms with Crippen molar-refractivity contribution in [2.75, 3.05) is 12.4 Å². The summed E-state index contributed by atoms with van der Waals surface area (Å²) in [5.74, 6) is 0.300. The highest BCUT2D eigenvalue weighted by atomic mass is 31.2. The summed E-state index contributed by atoms with van der Waals surface area (Å²) in [6.07, 6.45) is -1.04. The van der Waals surface area contributed by atoms with E-state index in [2.05, 4.69) is 9.97 Å². The second-order valence-corrected chi connectivity index (χ2v) is 8.91. The van der Waals surface area contributed by atoms with E-state index in [0.29, 0.717) is 16.9 Å². The Hall–Kier alpha value is -1.55. The maximum absolute atomic E-state index is 11.5. The largest absolute Gasteiger partial charge is 0.388 e. The van der Waals surface area contributed by atoms with E-state index in [-0.39, 0.29) is 6.42 Å². The topological polar surface area (TPSA) is 153 Å². The van der Waals surface area contributed by atoms with E-state index in [1.54, 1.807) is 30.7 Å². The number of fused-ring (bicyclic) bond motifs is 1. The van der Waals surface area contributed by atoms with Crippen LogP contribution in [0.1, 0.15) is 26.5 Å². The molecule has 26 heavy (non-hydrogen) atoms. The lowest BCUT2D eigenvalue weighted by Gasteiger charge is -2.29. The molecule has 3 heterocycles. The molecule has 1 fully saturated rings. The van der Waals surface area contributed by atoms with Crippen LogP contribution in [0.4, 0.5) is 5.82 Å². The molecule has 2 aromatic rings. The number of hydrogen-bond donors (Lipinski definition) is 4. The summed E-state index contributed by atoms with van der Waals surface area (Å²) < 4.78 is 24.1. The monoisotopic (exact) mass is 386 g/mol. The molecule has 0 saturated carbocycles. The molecule has 1 aliphatic rings. The fourth-order valence-electron chi connectivity index (χ4n) is 3.30. The van der Waals surface area contributed by atoms with Gasteiger partial charge in [-0.15, -0.1) is 0 Å². The number of aromatic nitrogens is 3. The molecule has 0 bridgehead atoms. The Morgan fingerprint density at radius 2 is 2.08 bits per heavy atom. The number of anilines is 1. The van der Waals surface area contributed by atoms with Crippen molar-refractivity contribution in [3.63, 3.8) is 0 Å². The zero-order valence-electron chi connectivity index (χ0n) is 14.7. The summed E-state index contributed by atoms with van der Waals surface area (Å²) in [5.41, 5.74) is 5.25. The van der Waals surface area contributed by atoms with Crippen molar-refractivity contribution in [1.82, 2.24) is 14.5 Å². The minimum Gasteiger partial charge on any atom is -0.388 e. The average molecular weight is 386 g/mol. The van der Waals surface area contributed by atoms with Gasteiger partial charge in [0, 0.05) is 19.3 Å². The van der Waals surface area contributed by atoms with Crippen molar-refractivity contribution in [2.24, 2.45) is 0 Å². The van der Waals surface area contributed by atoms with Gasteiger partial charge in [0.25, 0.3) is 0 Å². The molecule has 10 nitrogen and oxygen atoms in total. The van der Waals surface area contributed by atoms with Gasteiger partial charge in [-0.25, -0.2) is 9.97 Å². The van der Waals surface area contributed by atoms with E-state index in [1.165, 1.54) is 6.33 Å². The van der Waals surface area contributed by atoms with Gasteiger partial charge in [0.1, 0.15) is 30.0 Å². The average Bonchev–Trinajstić information content (AvgIpc) is 3.02. The van der Waals surface area contributed by atoms with Gasteiger partial charge >= 0.3 is 7.60 Å². The predicted molar refractivity (Wildman–Crippen MR) is 93.4 cm³/mol. The molecular formula is C15H23N4O6P. The van der Waals surface area contributed by atoms with E-state index in [4.69, 9.17) is 15.0 Å². The van der Waals surface area contributed by atoms with Gasteiger partial charge in [0.05, 0.1) is 17.1 Å². The fourth-order valence-corrected chi connectivity index (χ4v) is 4.30. The summed E-state index contributed by atoms with van der Waals surface area (Å²) in [7, 11) is -3.72. The van der Waals surface area contributed by atoms with Crippen molar-refractivity contribution >= 4 is 24.4 Å². The summed E-state index contributed by atoms with van der Waals surface area (Å²) in [4.78, 5) is 17.5. The molecule has 0 aromatic carbocycles. The maximum atomic E-state index is 11.5. The Morgan fingerprint density at radius 1 is 1.38 bits per heavy atom. The highest BCUT2D eigenvalue weighted by Gasteiger charge is 2.46. The molecule has 0 spiro atoms. The number of rotatable bonds is 5. The first-order chi connectivity index (χ1) is 12.0. The Labute approximate surface area is 150 Å². The van der Waals surface area contributed by atoms with Gasteiger partial charge in [-0.05, 0) is 19.9 Å². The number of nitrogens with zero attached hydrogens (tertiary/aromatic N) is 3. The minimum atomic E-state index is -3.72. The molecule has 3 rings (SSSR count). The third-order valence-corrected chi connectivity index (χ3v) is 5.09. The van der Waals surface area contributed by atoms with Crippen LogP contribution in [0.2, 0.25) is 0 Å². The number of nitrogen functional groups attached to an aromatic ring is 1. The molecule has 0 radical (unpaired) electrons. The van der Waals surface area contributed by atoms with Gasteiger partial charge in [0.15, 0.2) is 6.23 Å². The normalized spacial score (nSPS) is 29.2. The molecular weight excluding hydrogens is 363 g/mol. The third kappa shape index (κ3) is 3.75. The summed E-state index contributed by atoms with van der Waals surface area (Å²) >= 11 is 0. The van der Waals surface area contributed by atoms with Crippen LogP contribution in [-0.2, 0) is 13.8 Å². The standard InChI is InChI=1S/C15H23N4O6P/c1-15(2,25-26(3,22)23)6-9-10(20)11(21)14(24-9)19-5-4-8-12(16)17-7-18-13(8)19/h4-5,7,9-11,14,20-21H,6H2,1-3H3,(H,22,23)(H2,16,17,18)/t9?,10?,11-,14-/m1/s1. The molecule has 5 N–H and O–H groups in total. The van der Waals surface area contributed by atoms with Gasteiger partial charge in [-0.2, -0.15) is 0 Å². The lowest BCUT2D eigenvalue weighted by atomic mass is 9.97. The summed E-state index contributed by atoms with van der Waals surface area (Å²) in [6.45, 7) is 4.33. The molecule has 1 aliphatic heterocycles. The molecule has 3 unspecified atom stereocenters. The molecule has 5 atom stereocenters. The van der Waals surface area contributed by atoms with Crippen LogP contribution in [-0.4, -0.2) is 60.2 Å². The fraction of sp³-hybridized carbons (Fsp3) is 0.600. The Kier molecular flexibility index (Phi) is 4.85. The first kappa shape index (κ1) is 19.2. The van der Waals surface area contributed by atoms with Crippen molar-refractivity contribution in [2.45, 2.75) is 50.4 Å². The first-order valence-electron chi connectivity index (χ1n) is 8.08. The number of nitrogens with two attached hydrogens (primary N) is 1. The number of aliphatic hydroxyl groups is 2. The second-order valence-electron chi connectivity index (χ2n) is 7.12. The van der Waals surface area contributed by atoms with Gasteiger partial charge in [0.2, 0.25) is 0 Å². The van der Waals surface area contributed by atoms with Crippen LogP contribution in [0.15, 0.2) is 18.6 Å². The Morgan fingerprint density at radius 3 is 2.73 bits per heavy atom. The molecule has 1 saturated heterocycles. The molecule has 2 aromatic heterocycles. The molecule has 144 valence electrons. The van der Waals surface area contributed by atoms with Crippen molar-refractivity contribution in [3.8, 4) is 0 Å². The Balaban J connectivity index is 1.83. The maximum Gasteiger partial charge on any atom is 0.325 e. The van der Waals surface area contributed by atoms with Gasteiger partial charge in [-0.1, -0.05) is 0 Å². The van der Waals surface area contributed by atoms with Crippen LogP contribution in [0, 0.1) is 0 Å². The quantitative estimate of drug-likeness (QED) is 0.542. The van der Waals surface area contributed by atoms with Crippen LogP contribution in [0.25, 0.3) is 11.0 Å². The van der Waals surface area contributed by atoms with Gasteiger partial charge < -0.3 is 34.7 Å². The van der Waals surface area contributed by atoms with E-state index in [0.717, 1.165) is 6.66 Å². The highest BCUT2D eigenvalue weighted by molar-refractivity contribution is 7.51. The van der Waals surface area contributed by atoms with Crippen LogP contribution in [0.3, 0.4) is 0 Å². The van der Waals surface area contributed by atoms with E-state index in [1.807, 2.05) is 0 Å². The van der Waals surface area contributed by atoms with E-state index < -0.39 is 37.7 Å². The summed E-state index contributed by atoms with van der Waals surface area (Å²) in [6, 6.07) is 1.70. The first-order valence-corrected chi connectivity index (χ1v) is 10.1. The molecule has 11 heteroatoms. The van der Waals surface area contributed by atoms with E-state index in [9.17, 15) is 19.7 Å². The third-order valence-electron chi connectivity index (χ3n) is 4.26. The lowest BCUT2D eigenvalue weighted by Crippen LogP contribution is -2.37. The van der Waals surface area contributed by atoms with Gasteiger partial charge in [-0.3, -0.25) is 4.57 Å². The van der Waals surface area contributed by atoms with E-state index >= 15 is 0 Å². The predicted octanol–water partition coefficient (Wildman–Crippen LogP) is 0.633. The number of aliphatic hydroxyl groups excluding tert-OH is 2. The minimum absolute atomic E-state index is 0.108. The summed E-state index contributed by atoms with van der Waals surface area (Å²) in [5, 5.41) is 21.4. The molecule has 0 amide bonds. The second kappa shape index (κ2) is 6.56. The lowest BCUT2D eigenvalue weighted by molar-refractivity contribution is -0.0598. The van der Waals surface area contributed by atoms with Crippen LogP contribution < -0.4 is 5.73 Å². The van der Waals surface area contributed by atoms with Crippen molar-refractivity contribution < 1.29 is 28.9 Å². The Bertz CT molecular complexity index is 850.